The van der Waals surface area contributed by atoms with E-state index in [0.717, 1.165) is 9.20 Å². The molecule has 1 amide bonds. The lowest BCUT2D eigenvalue weighted by molar-refractivity contribution is -0.118. The lowest BCUT2D eigenvalue weighted by Gasteiger charge is -2.14. The number of hydrogen-bond donors (Lipinski definition) is 2. The fourth-order valence-corrected chi connectivity index (χ4v) is 5.05. The van der Waals surface area contributed by atoms with E-state index < -0.39 is 20.0 Å². The molecule has 2 N–H and O–H groups in total. The van der Waals surface area contributed by atoms with Gasteiger partial charge in [-0.3, -0.25) is 4.79 Å². The Balaban J connectivity index is 2.01. The lowest BCUT2D eigenvalue weighted by Crippen LogP contribution is -2.28. The summed E-state index contributed by atoms with van der Waals surface area (Å²) in [5.41, 5.74) is 0.438. The number of rotatable bonds is 11. The summed E-state index contributed by atoms with van der Waals surface area (Å²) >= 11 is 1.40. The molecule has 0 aliphatic rings. The van der Waals surface area contributed by atoms with Gasteiger partial charge in [-0.15, -0.1) is 11.8 Å². The zero-order chi connectivity index (χ0) is 24.8. The van der Waals surface area contributed by atoms with Crippen LogP contribution in [0.4, 0.5) is 5.69 Å². The van der Waals surface area contributed by atoms with E-state index in [9.17, 15) is 21.6 Å². The molecule has 0 atom stereocenters. The molecule has 0 unspecified atom stereocenters. The topological polar surface area (TPSA) is 122 Å². The van der Waals surface area contributed by atoms with E-state index in [0.29, 0.717) is 11.4 Å². The van der Waals surface area contributed by atoms with Crippen LogP contribution in [-0.4, -0.2) is 60.6 Å². The summed E-state index contributed by atoms with van der Waals surface area (Å²) in [6, 6.07) is 10.4. The third kappa shape index (κ3) is 7.18. The van der Waals surface area contributed by atoms with Gasteiger partial charge in [-0.25, -0.2) is 25.9 Å². The normalized spacial score (nSPS) is 12.2. The van der Waals surface area contributed by atoms with Crippen molar-refractivity contribution in [2.24, 2.45) is 5.92 Å². The van der Waals surface area contributed by atoms with E-state index in [-0.39, 0.29) is 34.8 Å². The molecular weight excluding hydrogens is 486 g/mol. The molecule has 2 rings (SSSR count). The van der Waals surface area contributed by atoms with Gasteiger partial charge in [0.15, 0.2) is 0 Å². The van der Waals surface area contributed by atoms with E-state index in [1.165, 1.54) is 62.3 Å². The number of benzene rings is 2. The largest absolute Gasteiger partial charge is 0.492 e. The maximum atomic E-state index is 12.7. The van der Waals surface area contributed by atoms with Gasteiger partial charge < -0.3 is 10.1 Å². The molecule has 0 aromatic heterocycles. The first kappa shape index (κ1) is 27.1. The van der Waals surface area contributed by atoms with E-state index in [1.54, 1.807) is 19.9 Å². The minimum atomic E-state index is -3.83. The van der Waals surface area contributed by atoms with Crippen molar-refractivity contribution < 1.29 is 26.4 Å². The van der Waals surface area contributed by atoms with Crippen LogP contribution in [0.1, 0.15) is 13.8 Å². The maximum Gasteiger partial charge on any atom is 0.242 e. The summed E-state index contributed by atoms with van der Waals surface area (Å²) in [6.07, 6.45) is 1.84. The van der Waals surface area contributed by atoms with Crippen molar-refractivity contribution in [2.45, 2.75) is 28.5 Å². The van der Waals surface area contributed by atoms with E-state index >= 15 is 0 Å². The van der Waals surface area contributed by atoms with Gasteiger partial charge >= 0.3 is 0 Å². The Labute approximate surface area is 200 Å². The minimum absolute atomic E-state index is 0.00194. The van der Waals surface area contributed by atoms with Gasteiger partial charge in [0.25, 0.3) is 0 Å². The fourth-order valence-electron chi connectivity index (χ4n) is 2.58. The number of nitrogens with zero attached hydrogens (tertiary/aromatic N) is 1. The highest BCUT2D eigenvalue weighted by Crippen LogP contribution is 2.28. The molecule has 0 radical (unpaired) electrons. The monoisotopic (exact) mass is 515 g/mol. The molecule has 182 valence electrons. The molecule has 2 aromatic rings. The zero-order valence-electron chi connectivity index (χ0n) is 19.2. The summed E-state index contributed by atoms with van der Waals surface area (Å²) in [4.78, 5) is 13.0. The van der Waals surface area contributed by atoms with Crippen molar-refractivity contribution in [3.8, 4) is 5.75 Å². The number of ether oxygens (including phenoxy) is 1. The Bertz CT molecular complexity index is 1180. The molecule has 0 aliphatic heterocycles. The van der Waals surface area contributed by atoms with Crippen molar-refractivity contribution in [3.05, 3.63) is 42.5 Å². The molecule has 33 heavy (non-hydrogen) atoms. The van der Waals surface area contributed by atoms with Gasteiger partial charge in [0.05, 0.1) is 15.5 Å². The van der Waals surface area contributed by atoms with Crippen LogP contribution in [0.25, 0.3) is 0 Å². The highest BCUT2D eigenvalue weighted by Gasteiger charge is 2.18. The van der Waals surface area contributed by atoms with E-state index in [2.05, 4.69) is 10.0 Å². The summed E-state index contributed by atoms with van der Waals surface area (Å²) in [5.74, 6) is -0.0344. The number of carbonyl (C=O) groups is 1. The predicted octanol–water partition coefficient (Wildman–Crippen LogP) is 2.61. The fraction of sp³-hybridized carbons (Fsp3) is 0.381. The molecule has 0 saturated carbocycles. The minimum Gasteiger partial charge on any atom is -0.492 e. The predicted molar refractivity (Wildman–Crippen MR) is 130 cm³/mol. The van der Waals surface area contributed by atoms with Crippen LogP contribution < -0.4 is 14.8 Å². The first-order valence-corrected chi connectivity index (χ1v) is 14.2. The van der Waals surface area contributed by atoms with Gasteiger partial charge in [-0.1, -0.05) is 13.8 Å². The second-order valence-electron chi connectivity index (χ2n) is 7.51. The summed E-state index contributed by atoms with van der Waals surface area (Å²) in [7, 11) is -4.47. The third-order valence-electron chi connectivity index (χ3n) is 4.53. The van der Waals surface area contributed by atoms with Gasteiger partial charge in [0.2, 0.25) is 26.0 Å². The first-order chi connectivity index (χ1) is 15.4. The maximum absolute atomic E-state index is 12.7. The standard InChI is InChI=1S/C21H29N3O6S3/c1-15(2)21(25)23-19-14-18(10-11-20(19)31-5)32(26,27)22-12-13-30-16-6-8-17(9-7-16)33(28,29)24(3)4/h6-11,14-15,22H,12-13H2,1-5H3,(H,23,25). The highest BCUT2D eigenvalue weighted by molar-refractivity contribution is 7.98. The summed E-state index contributed by atoms with van der Waals surface area (Å²) in [6.45, 7) is 3.55. The number of carbonyl (C=O) groups excluding carboxylic acids is 1. The second-order valence-corrected chi connectivity index (χ2v) is 12.3. The van der Waals surface area contributed by atoms with Crippen LogP contribution in [0.5, 0.6) is 5.75 Å². The lowest BCUT2D eigenvalue weighted by atomic mass is 10.2. The van der Waals surface area contributed by atoms with Crippen LogP contribution in [0.15, 0.2) is 57.2 Å². The van der Waals surface area contributed by atoms with E-state index in [1.807, 2.05) is 6.26 Å². The van der Waals surface area contributed by atoms with Crippen molar-refractivity contribution in [3.63, 3.8) is 0 Å². The molecule has 9 nitrogen and oxygen atoms in total. The number of nitrogens with one attached hydrogen (secondary N) is 2. The number of sulfonamides is 2. The number of hydrogen-bond acceptors (Lipinski definition) is 7. The van der Waals surface area contributed by atoms with E-state index in [4.69, 9.17) is 4.74 Å². The number of thioether (sulfide) groups is 1. The van der Waals surface area contributed by atoms with Gasteiger partial charge in [0, 0.05) is 31.5 Å². The average molecular weight is 516 g/mol. The molecule has 2 aromatic carbocycles. The quantitative estimate of drug-likeness (QED) is 0.348. The van der Waals surface area contributed by atoms with Gasteiger partial charge in [0.1, 0.15) is 12.4 Å². The SMILES string of the molecule is CSc1ccc(S(=O)(=O)NCCOc2ccc(S(=O)(=O)N(C)C)cc2)cc1NC(=O)C(C)C. The van der Waals surface area contributed by atoms with Crippen molar-refractivity contribution in [2.75, 3.05) is 38.8 Å². The second kappa shape index (κ2) is 11.3. The van der Waals surface area contributed by atoms with Crippen LogP contribution in [0.3, 0.4) is 0 Å². The molecule has 0 aliphatic carbocycles. The Kier molecular flexibility index (Phi) is 9.32. The van der Waals surface area contributed by atoms with Crippen LogP contribution in [0.2, 0.25) is 0 Å². The van der Waals surface area contributed by atoms with Gasteiger partial charge in [-0.05, 0) is 48.7 Å². The molecule has 0 bridgehead atoms. The van der Waals surface area contributed by atoms with Crippen molar-refractivity contribution in [1.29, 1.82) is 0 Å². The van der Waals surface area contributed by atoms with Crippen LogP contribution in [-0.2, 0) is 24.8 Å². The molecule has 0 spiro atoms. The highest BCUT2D eigenvalue weighted by atomic mass is 32.2. The first-order valence-electron chi connectivity index (χ1n) is 10.0. The third-order valence-corrected chi connectivity index (χ3v) is 8.61. The Hall–Kier alpha value is -2.12. The van der Waals surface area contributed by atoms with Crippen LogP contribution in [0, 0.1) is 5.92 Å². The summed E-state index contributed by atoms with van der Waals surface area (Å²) < 4.78 is 58.6. The average Bonchev–Trinajstić information content (AvgIpc) is 2.76. The Morgan fingerprint density at radius 2 is 1.64 bits per heavy atom. The zero-order valence-corrected chi connectivity index (χ0v) is 21.6. The molecule has 0 fully saturated rings. The molecule has 12 heteroatoms. The smallest absolute Gasteiger partial charge is 0.242 e. The van der Waals surface area contributed by atoms with Crippen molar-refractivity contribution in [1.82, 2.24) is 9.03 Å². The van der Waals surface area contributed by atoms with Crippen molar-refractivity contribution >= 4 is 43.4 Å². The van der Waals surface area contributed by atoms with Gasteiger partial charge in [-0.2, -0.15) is 0 Å². The molecule has 0 saturated heterocycles. The summed E-state index contributed by atoms with van der Waals surface area (Å²) in [5, 5.41) is 2.76. The van der Waals surface area contributed by atoms with Crippen LogP contribution >= 0.6 is 11.8 Å². The Morgan fingerprint density at radius 1 is 1.03 bits per heavy atom. The Morgan fingerprint density at radius 3 is 2.18 bits per heavy atom. The molecule has 0 heterocycles. The molecular formula is C21H29N3O6S3. The number of amides is 1. The number of anilines is 1.